The van der Waals surface area contributed by atoms with Crippen molar-refractivity contribution in [1.82, 2.24) is 0 Å². The molecule has 1 N–H and O–H groups in total. The van der Waals surface area contributed by atoms with E-state index in [0.717, 1.165) is 28.3 Å². The standard InChI is InChI=1S/C22H25NO2/c1-15-8-13-20-19(14-15)21(16-9-11-18(24-2)12-10-16)22(25-20)23-17-6-4-3-5-7-17/h8-14,17,23H,3-7H2,1-2H3. The highest BCUT2D eigenvalue weighted by Gasteiger charge is 2.20. The van der Waals surface area contributed by atoms with Crippen molar-refractivity contribution < 1.29 is 9.15 Å². The Kier molecular flexibility index (Phi) is 4.39. The molecule has 2 aromatic carbocycles. The zero-order chi connectivity index (χ0) is 17.2. The molecule has 0 unspecified atom stereocenters. The van der Waals surface area contributed by atoms with Gasteiger partial charge < -0.3 is 14.5 Å². The number of benzene rings is 2. The van der Waals surface area contributed by atoms with Gasteiger partial charge >= 0.3 is 0 Å². The molecule has 3 nitrogen and oxygen atoms in total. The third-order valence-electron chi connectivity index (χ3n) is 5.16. The molecule has 0 saturated heterocycles. The van der Waals surface area contributed by atoms with E-state index in [4.69, 9.17) is 9.15 Å². The van der Waals surface area contributed by atoms with E-state index in [1.807, 2.05) is 12.1 Å². The summed E-state index contributed by atoms with van der Waals surface area (Å²) >= 11 is 0. The number of fused-ring (bicyclic) bond motifs is 1. The van der Waals surface area contributed by atoms with Gasteiger partial charge in [0.1, 0.15) is 11.3 Å². The van der Waals surface area contributed by atoms with Gasteiger partial charge in [0, 0.05) is 11.4 Å². The van der Waals surface area contributed by atoms with Crippen molar-refractivity contribution >= 4 is 16.9 Å². The Morgan fingerprint density at radius 2 is 1.76 bits per heavy atom. The first-order valence-electron chi connectivity index (χ1n) is 9.19. The van der Waals surface area contributed by atoms with Gasteiger partial charge in [0.05, 0.1) is 12.7 Å². The van der Waals surface area contributed by atoms with Crippen LogP contribution in [0.4, 0.5) is 5.88 Å². The van der Waals surface area contributed by atoms with E-state index >= 15 is 0 Å². The summed E-state index contributed by atoms with van der Waals surface area (Å²) in [4.78, 5) is 0. The summed E-state index contributed by atoms with van der Waals surface area (Å²) in [6, 6.07) is 15.1. The van der Waals surface area contributed by atoms with Crippen LogP contribution in [0.15, 0.2) is 46.9 Å². The van der Waals surface area contributed by atoms with E-state index in [0.29, 0.717) is 6.04 Å². The summed E-state index contributed by atoms with van der Waals surface area (Å²) < 4.78 is 11.5. The van der Waals surface area contributed by atoms with Crippen molar-refractivity contribution in [2.75, 3.05) is 12.4 Å². The van der Waals surface area contributed by atoms with E-state index < -0.39 is 0 Å². The fourth-order valence-electron chi connectivity index (χ4n) is 3.79. The molecule has 0 atom stereocenters. The van der Waals surface area contributed by atoms with Crippen molar-refractivity contribution in [2.24, 2.45) is 0 Å². The molecule has 1 saturated carbocycles. The second kappa shape index (κ2) is 6.83. The molecule has 1 aliphatic rings. The van der Waals surface area contributed by atoms with E-state index in [1.54, 1.807) is 7.11 Å². The van der Waals surface area contributed by atoms with Crippen molar-refractivity contribution in [2.45, 2.75) is 45.1 Å². The normalized spacial score (nSPS) is 15.4. The monoisotopic (exact) mass is 335 g/mol. The maximum atomic E-state index is 6.23. The summed E-state index contributed by atoms with van der Waals surface area (Å²) in [5.41, 5.74) is 4.50. The van der Waals surface area contributed by atoms with Crippen molar-refractivity contribution in [1.29, 1.82) is 0 Å². The molecule has 0 spiro atoms. The van der Waals surface area contributed by atoms with E-state index in [-0.39, 0.29) is 0 Å². The zero-order valence-electron chi connectivity index (χ0n) is 15.0. The van der Waals surface area contributed by atoms with Gasteiger partial charge in [-0.1, -0.05) is 43.0 Å². The first kappa shape index (κ1) is 16.1. The molecule has 1 aliphatic carbocycles. The Hall–Kier alpha value is -2.42. The van der Waals surface area contributed by atoms with E-state index in [2.05, 4.69) is 42.6 Å². The highest BCUT2D eigenvalue weighted by molar-refractivity contribution is 6.00. The molecule has 25 heavy (non-hydrogen) atoms. The van der Waals surface area contributed by atoms with Crippen LogP contribution in [0.25, 0.3) is 22.1 Å². The smallest absolute Gasteiger partial charge is 0.202 e. The van der Waals surface area contributed by atoms with Gasteiger partial charge in [0.2, 0.25) is 5.88 Å². The Morgan fingerprint density at radius 3 is 2.48 bits per heavy atom. The molecular weight excluding hydrogens is 310 g/mol. The number of hydrogen-bond donors (Lipinski definition) is 1. The van der Waals surface area contributed by atoms with Crippen LogP contribution in [-0.2, 0) is 0 Å². The fourth-order valence-corrected chi connectivity index (χ4v) is 3.79. The molecule has 1 fully saturated rings. The van der Waals surface area contributed by atoms with Gasteiger partial charge in [0.25, 0.3) is 0 Å². The van der Waals surface area contributed by atoms with Crippen molar-refractivity contribution in [3.63, 3.8) is 0 Å². The van der Waals surface area contributed by atoms with E-state index in [1.165, 1.54) is 43.1 Å². The number of aryl methyl sites for hydroxylation is 1. The fraction of sp³-hybridized carbons (Fsp3) is 0.364. The molecule has 3 heteroatoms. The Bertz CT molecular complexity index is 858. The third kappa shape index (κ3) is 3.23. The molecular formula is C22H25NO2. The van der Waals surface area contributed by atoms with Gasteiger partial charge in [-0.05, 0) is 49.6 Å². The molecule has 0 amide bonds. The topological polar surface area (TPSA) is 34.4 Å². The highest BCUT2D eigenvalue weighted by Crippen LogP contribution is 2.40. The number of anilines is 1. The lowest BCUT2D eigenvalue weighted by Crippen LogP contribution is -2.22. The zero-order valence-corrected chi connectivity index (χ0v) is 15.0. The van der Waals surface area contributed by atoms with Crippen LogP contribution in [0.1, 0.15) is 37.7 Å². The number of furan rings is 1. The predicted molar refractivity (Wildman–Crippen MR) is 103 cm³/mol. The van der Waals surface area contributed by atoms with Crippen LogP contribution in [-0.4, -0.2) is 13.2 Å². The molecule has 0 radical (unpaired) electrons. The average Bonchev–Trinajstić information content (AvgIpc) is 2.99. The summed E-state index contributed by atoms with van der Waals surface area (Å²) in [6.45, 7) is 2.12. The minimum absolute atomic E-state index is 0.507. The molecule has 4 rings (SSSR count). The number of ether oxygens (including phenoxy) is 1. The number of rotatable bonds is 4. The minimum atomic E-state index is 0.507. The first-order chi connectivity index (χ1) is 12.2. The van der Waals surface area contributed by atoms with Crippen molar-refractivity contribution in [3.05, 3.63) is 48.0 Å². The highest BCUT2D eigenvalue weighted by atomic mass is 16.5. The number of hydrogen-bond acceptors (Lipinski definition) is 3. The lowest BCUT2D eigenvalue weighted by molar-refractivity contribution is 0.415. The first-order valence-corrected chi connectivity index (χ1v) is 9.19. The van der Waals surface area contributed by atoms with Gasteiger partial charge in [-0.15, -0.1) is 0 Å². The summed E-state index contributed by atoms with van der Waals surface area (Å²) in [7, 11) is 1.70. The lowest BCUT2D eigenvalue weighted by atomic mass is 9.95. The molecule has 0 aliphatic heterocycles. The Labute approximate surface area is 149 Å². The Morgan fingerprint density at radius 1 is 1.00 bits per heavy atom. The molecule has 130 valence electrons. The van der Waals surface area contributed by atoms with Crippen LogP contribution in [0.5, 0.6) is 5.75 Å². The van der Waals surface area contributed by atoms with Crippen LogP contribution >= 0.6 is 0 Å². The van der Waals surface area contributed by atoms with Gasteiger partial charge in [-0.25, -0.2) is 0 Å². The summed E-state index contributed by atoms with van der Waals surface area (Å²) in [5, 5.41) is 4.86. The van der Waals surface area contributed by atoms with Crippen LogP contribution in [0.3, 0.4) is 0 Å². The van der Waals surface area contributed by atoms with Crippen LogP contribution in [0.2, 0.25) is 0 Å². The molecule has 0 bridgehead atoms. The van der Waals surface area contributed by atoms with Gasteiger partial charge in [-0.3, -0.25) is 0 Å². The predicted octanol–water partition coefficient (Wildman–Crippen LogP) is 6.16. The van der Waals surface area contributed by atoms with Gasteiger partial charge in [0.15, 0.2) is 0 Å². The van der Waals surface area contributed by atoms with E-state index in [9.17, 15) is 0 Å². The number of nitrogens with one attached hydrogen (secondary N) is 1. The van der Waals surface area contributed by atoms with Crippen molar-refractivity contribution in [3.8, 4) is 16.9 Å². The lowest BCUT2D eigenvalue weighted by Gasteiger charge is -2.23. The largest absolute Gasteiger partial charge is 0.497 e. The SMILES string of the molecule is COc1ccc(-c2c(NC3CCCCC3)oc3ccc(C)cc23)cc1. The summed E-state index contributed by atoms with van der Waals surface area (Å²) in [6.07, 6.45) is 6.39. The summed E-state index contributed by atoms with van der Waals surface area (Å²) in [5.74, 6) is 1.77. The second-order valence-corrected chi connectivity index (χ2v) is 7.01. The molecule has 1 heterocycles. The maximum absolute atomic E-state index is 6.23. The average molecular weight is 335 g/mol. The maximum Gasteiger partial charge on any atom is 0.202 e. The van der Waals surface area contributed by atoms with Crippen LogP contribution in [0, 0.1) is 6.92 Å². The molecule has 1 aromatic heterocycles. The third-order valence-corrected chi connectivity index (χ3v) is 5.16. The number of methoxy groups -OCH3 is 1. The quantitative estimate of drug-likeness (QED) is 0.620. The van der Waals surface area contributed by atoms with Crippen LogP contribution < -0.4 is 10.1 Å². The van der Waals surface area contributed by atoms with Gasteiger partial charge in [-0.2, -0.15) is 0 Å². The molecule has 3 aromatic rings. The second-order valence-electron chi connectivity index (χ2n) is 7.01. The Balaban J connectivity index is 1.79. The minimum Gasteiger partial charge on any atom is -0.497 e.